The molecule has 0 saturated carbocycles. The number of esters is 2. The minimum Gasteiger partial charge on any atom is -0.465 e. The summed E-state index contributed by atoms with van der Waals surface area (Å²) in [5.74, 6) is -0.377. The molecule has 5 nitrogen and oxygen atoms in total. The Balaban J connectivity index is 2.68. The van der Waals surface area contributed by atoms with Gasteiger partial charge in [-0.2, -0.15) is 0 Å². The van der Waals surface area contributed by atoms with Crippen LogP contribution in [0.4, 0.5) is 0 Å². The van der Waals surface area contributed by atoms with E-state index < -0.39 is 11.9 Å². The number of carbonyl (C=O) groups excluding carboxylic acids is 2. The molecule has 0 fully saturated rings. The highest BCUT2D eigenvalue weighted by atomic mass is 16.5. The summed E-state index contributed by atoms with van der Waals surface area (Å²) >= 11 is 0. The lowest BCUT2D eigenvalue weighted by molar-refractivity contribution is -0.141. The van der Waals surface area contributed by atoms with Crippen LogP contribution in [0.25, 0.3) is 0 Å². The highest BCUT2D eigenvalue weighted by molar-refractivity contribution is 5.86. The molecule has 5 heteroatoms. The van der Waals surface area contributed by atoms with E-state index in [1.165, 1.54) is 13.1 Å². The average molecular weight is 249 g/mol. The Bertz CT molecular complexity index is 454. The van der Waals surface area contributed by atoms with Crippen LogP contribution in [0.5, 0.6) is 5.75 Å². The van der Waals surface area contributed by atoms with Crippen molar-refractivity contribution in [2.24, 2.45) is 4.99 Å². The molecule has 1 rings (SSSR count). The van der Waals surface area contributed by atoms with E-state index in [1.807, 2.05) is 0 Å². The third kappa shape index (κ3) is 4.78. The molecule has 1 aromatic carbocycles. The van der Waals surface area contributed by atoms with Crippen LogP contribution in [0, 0.1) is 0 Å². The van der Waals surface area contributed by atoms with Crippen LogP contribution in [-0.4, -0.2) is 31.3 Å². The van der Waals surface area contributed by atoms with Crippen LogP contribution in [0.15, 0.2) is 29.3 Å². The maximum Gasteiger partial charge on any atom is 0.327 e. The monoisotopic (exact) mass is 249 g/mol. The fourth-order valence-electron chi connectivity index (χ4n) is 1.26. The largest absolute Gasteiger partial charge is 0.465 e. The topological polar surface area (TPSA) is 65.0 Å². The lowest BCUT2D eigenvalue weighted by Gasteiger charge is -2.04. The molecule has 0 radical (unpaired) electrons. The number of ether oxygens (including phenoxy) is 2. The first-order valence-electron chi connectivity index (χ1n) is 5.56. The van der Waals surface area contributed by atoms with E-state index in [9.17, 15) is 9.59 Å². The first kappa shape index (κ1) is 13.9. The van der Waals surface area contributed by atoms with Gasteiger partial charge in [0.1, 0.15) is 12.3 Å². The zero-order valence-corrected chi connectivity index (χ0v) is 10.4. The van der Waals surface area contributed by atoms with Gasteiger partial charge in [-0.25, -0.2) is 0 Å². The minimum absolute atomic E-state index is 0.0533. The third-order valence-electron chi connectivity index (χ3n) is 1.93. The second-order valence-electron chi connectivity index (χ2n) is 3.41. The predicted molar refractivity (Wildman–Crippen MR) is 66.8 cm³/mol. The van der Waals surface area contributed by atoms with Crippen molar-refractivity contribution in [3.63, 3.8) is 0 Å². The Kier molecular flexibility index (Phi) is 5.57. The summed E-state index contributed by atoms with van der Waals surface area (Å²) in [6.07, 6.45) is 1.48. The lowest BCUT2D eigenvalue weighted by Crippen LogP contribution is -2.08. The molecule has 96 valence electrons. The third-order valence-corrected chi connectivity index (χ3v) is 1.93. The molecule has 0 amide bonds. The van der Waals surface area contributed by atoms with Crippen molar-refractivity contribution in [3.8, 4) is 5.75 Å². The lowest BCUT2D eigenvalue weighted by atomic mass is 10.2. The van der Waals surface area contributed by atoms with Crippen molar-refractivity contribution in [3.05, 3.63) is 29.8 Å². The SMILES string of the molecule is CCOC(=O)CN=Cc1ccccc1OC(C)=O. The quantitative estimate of drug-likeness (QED) is 0.451. The maximum absolute atomic E-state index is 11.1. The molecule has 0 aliphatic heterocycles. The van der Waals surface area contributed by atoms with Crippen LogP contribution in [0.3, 0.4) is 0 Å². The smallest absolute Gasteiger partial charge is 0.327 e. The average Bonchev–Trinajstić information content (AvgIpc) is 2.31. The van der Waals surface area contributed by atoms with Crippen LogP contribution in [0.1, 0.15) is 19.4 Å². The Morgan fingerprint density at radius 1 is 1.33 bits per heavy atom. The molecule has 0 saturated heterocycles. The van der Waals surface area contributed by atoms with Gasteiger partial charge in [0.05, 0.1) is 6.61 Å². The zero-order chi connectivity index (χ0) is 13.4. The van der Waals surface area contributed by atoms with Crippen LogP contribution < -0.4 is 4.74 Å². The van der Waals surface area contributed by atoms with E-state index in [-0.39, 0.29) is 6.54 Å². The van der Waals surface area contributed by atoms with Crippen LogP contribution in [-0.2, 0) is 14.3 Å². The van der Waals surface area contributed by atoms with Crippen molar-refractivity contribution < 1.29 is 19.1 Å². The summed E-state index contributed by atoms with van der Waals surface area (Å²) in [4.78, 5) is 25.9. The van der Waals surface area contributed by atoms with Crippen molar-refractivity contribution in [1.29, 1.82) is 0 Å². The number of para-hydroxylation sites is 1. The predicted octanol–water partition coefficient (Wildman–Crippen LogP) is 1.59. The van der Waals surface area contributed by atoms with E-state index in [1.54, 1.807) is 31.2 Å². The summed E-state index contributed by atoms with van der Waals surface area (Å²) in [6.45, 7) is 3.34. The van der Waals surface area contributed by atoms with Gasteiger partial charge in [-0.3, -0.25) is 14.6 Å². The molecular weight excluding hydrogens is 234 g/mol. The summed E-state index contributed by atoms with van der Waals surface area (Å²) in [5.41, 5.74) is 0.636. The van der Waals surface area contributed by atoms with E-state index >= 15 is 0 Å². The van der Waals surface area contributed by atoms with Gasteiger partial charge in [-0.05, 0) is 19.1 Å². The number of rotatable bonds is 5. The Morgan fingerprint density at radius 3 is 2.72 bits per heavy atom. The second kappa shape index (κ2) is 7.21. The van der Waals surface area contributed by atoms with Crippen LogP contribution >= 0.6 is 0 Å². The second-order valence-corrected chi connectivity index (χ2v) is 3.41. The summed E-state index contributed by atoms with van der Waals surface area (Å²) < 4.78 is 9.74. The van der Waals surface area contributed by atoms with Crippen molar-refractivity contribution in [1.82, 2.24) is 0 Å². The van der Waals surface area contributed by atoms with Gasteiger partial charge in [0.2, 0.25) is 0 Å². The van der Waals surface area contributed by atoms with E-state index in [0.717, 1.165) is 0 Å². The first-order valence-corrected chi connectivity index (χ1v) is 5.56. The number of hydrogen-bond donors (Lipinski definition) is 0. The van der Waals surface area contributed by atoms with Crippen molar-refractivity contribution in [2.75, 3.05) is 13.2 Å². The molecule has 0 unspecified atom stereocenters. The van der Waals surface area contributed by atoms with Crippen molar-refractivity contribution >= 4 is 18.2 Å². The molecule has 0 atom stereocenters. The standard InChI is InChI=1S/C13H15NO4/c1-3-17-13(16)9-14-8-11-6-4-5-7-12(11)18-10(2)15/h4-8H,3,9H2,1-2H3. The van der Waals surface area contributed by atoms with Crippen LogP contribution in [0.2, 0.25) is 0 Å². The first-order chi connectivity index (χ1) is 8.63. The normalized spacial score (nSPS) is 10.3. The fraction of sp³-hybridized carbons (Fsp3) is 0.308. The van der Waals surface area contributed by atoms with Gasteiger partial charge in [0.25, 0.3) is 0 Å². The minimum atomic E-state index is -0.402. The fourth-order valence-corrected chi connectivity index (χ4v) is 1.26. The summed E-state index contributed by atoms with van der Waals surface area (Å²) in [7, 11) is 0. The Morgan fingerprint density at radius 2 is 2.06 bits per heavy atom. The van der Waals surface area contributed by atoms with Gasteiger partial charge in [0.15, 0.2) is 0 Å². The molecule has 0 heterocycles. The molecule has 0 aliphatic carbocycles. The number of carbonyl (C=O) groups is 2. The van der Waals surface area contributed by atoms with Gasteiger partial charge < -0.3 is 9.47 Å². The molecular formula is C13H15NO4. The number of aliphatic imine (C=N–C) groups is 1. The van der Waals surface area contributed by atoms with E-state index in [0.29, 0.717) is 17.9 Å². The molecule has 0 aliphatic rings. The van der Waals surface area contributed by atoms with E-state index in [4.69, 9.17) is 9.47 Å². The molecule has 0 N–H and O–H groups in total. The number of hydrogen-bond acceptors (Lipinski definition) is 5. The number of nitrogens with zero attached hydrogens (tertiary/aromatic N) is 1. The Hall–Kier alpha value is -2.17. The molecule has 0 bridgehead atoms. The maximum atomic E-state index is 11.1. The number of benzene rings is 1. The van der Waals surface area contributed by atoms with Gasteiger partial charge in [-0.15, -0.1) is 0 Å². The summed E-state index contributed by atoms with van der Waals surface area (Å²) in [5, 5.41) is 0. The van der Waals surface area contributed by atoms with E-state index in [2.05, 4.69) is 4.99 Å². The highest BCUT2D eigenvalue weighted by Crippen LogP contribution is 2.15. The van der Waals surface area contributed by atoms with Gasteiger partial charge in [0, 0.05) is 18.7 Å². The molecule has 1 aromatic rings. The van der Waals surface area contributed by atoms with Gasteiger partial charge >= 0.3 is 11.9 Å². The molecule has 0 aromatic heterocycles. The molecule has 0 spiro atoms. The zero-order valence-electron chi connectivity index (χ0n) is 10.4. The molecule has 18 heavy (non-hydrogen) atoms. The highest BCUT2D eigenvalue weighted by Gasteiger charge is 2.03. The van der Waals surface area contributed by atoms with Crippen molar-refractivity contribution in [2.45, 2.75) is 13.8 Å². The summed E-state index contributed by atoms with van der Waals surface area (Å²) in [6, 6.07) is 6.94. The Labute approximate surface area is 105 Å². The van der Waals surface area contributed by atoms with Gasteiger partial charge in [-0.1, -0.05) is 12.1 Å².